The average molecular weight is 232 g/mol. The van der Waals surface area contributed by atoms with E-state index in [4.69, 9.17) is 4.74 Å². The van der Waals surface area contributed by atoms with E-state index in [0.29, 0.717) is 0 Å². The van der Waals surface area contributed by atoms with Crippen LogP contribution in [0.2, 0.25) is 0 Å². The summed E-state index contributed by atoms with van der Waals surface area (Å²) >= 11 is 0. The lowest BCUT2D eigenvalue weighted by Crippen LogP contribution is -2.12. The topological polar surface area (TPSA) is 51.5 Å². The standard InChI is InChI=1S/C12H16N4O/c1-2-10(1)9-17-8-6-14-12-11-3-4-15-16(11)7-5-13-12/h3-5,7,10H,1-2,6,8-9H2,(H,13,14). The SMILES string of the molecule is c1cn2nccc2c(NCCOCC2CC2)n1. The van der Waals surface area contributed by atoms with Crippen LogP contribution < -0.4 is 5.32 Å². The predicted octanol–water partition coefficient (Wildman–Crippen LogP) is 1.57. The zero-order valence-corrected chi connectivity index (χ0v) is 9.67. The van der Waals surface area contributed by atoms with Gasteiger partial charge in [0.05, 0.1) is 12.8 Å². The molecule has 2 heterocycles. The molecular formula is C12H16N4O. The third kappa shape index (κ3) is 2.55. The molecule has 1 aliphatic carbocycles. The van der Waals surface area contributed by atoms with Gasteiger partial charge in [-0.25, -0.2) is 9.50 Å². The molecule has 1 N–H and O–H groups in total. The van der Waals surface area contributed by atoms with Crippen LogP contribution in [0.25, 0.3) is 5.52 Å². The van der Waals surface area contributed by atoms with Gasteiger partial charge in [-0.2, -0.15) is 5.10 Å². The lowest BCUT2D eigenvalue weighted by Gasteiger charge is -2.07. The highest BCUT2D eigenvalue weighted by atomic mass is 16.5. The van der Waals surface area contributed by atoms with Gasteiger partial charge in [0.2, 0.25) is 0 Å². The summed E-state index contributed by atoms with van der Waals surface area (Å²) in [5, 5.41) is 7.43. The first kappa shape index (κ1) is 10.5. The molecule has 17 heavy (non-hydrogen) atoms. The highest BCUT2D eigenvalue weighted by Crippen LogP contribution is 2.28. The largest absolute Gasteiger partial charge is 0.379 e. The quantitative estimate of drug-likeness (QED) is 0.768. The van der Waals surface area contributed by atoms with Crippen molar-refractivity contribution in [1.82, 2.24) is 14.6 Å². The summed E-state index contributed by atoms with van der Waals surface area (Å²) in [7, 11) is 0. The Labute approximate surface area is 99.8 Å². The number of ether oxygens (including phenoxy) is 1. The zero-order chi connectivity index (χ0) is 11.5. The van der Waals surface area contributed by atoms with Crippen molar-refractivity contribution >= 4 is 11.3 Å². The van der Waals surface area contributed by atoms with Crippen LogP contribution in [-0.2, 0) is 4.74 Å². The van der Waals surface area contributed by atoms with Crippen molar-refractivity contribution in [3.05, 3.63) is 24.7 Å². The molecule has 0 aliphatic heterocycles. The molecule has 1 aliphatic rings. The van der Waals surface area contributed by atoms with Crippen LogP contribution in [0.1, 0.15) is 12.8 Å². The Hall–Kier alpha value is -1.62. The van der Waals surface area contributed by atoms with Crippen molar-refractivity contribution in [1.29, 1.82) is 0 Å². The number of fused-ring (bicyclic) bond motifs is 1. The van der Waals surface area contributed by atoms with E-state index in [0.717, 1.165) is 37.0 Å². The van der Waals surface area contributed by atoms with Gasteiger partial charge in [-0.1, -0.05) is 0 Å². The van der Waals surface area contributed by atoms with E-state index in [9.17, 15) is 0 Å². The van der Waals surface area contributed by atoms with Gasteiger partial charge in [0.1, 0.15) is 5.52 Å². The summed E-state index contributed by atoms with van der Waals surface area (Å²) in [5.74, 6) is 1.69. The molecule has 0 bridgehead atoms. The third-order valence-corrected chi connectivity index (χ3v) is 2.91. The van der Waals surface area contributed by atoms with Crippen molar-refractivity contribution in [2.75, 3.05) is 25.1 Å². The van der Waals surface area contributed by atoms with Crippen LogP contribution in [0.3, 0.4) is 0 Å². The fourth-order valence-electron chi connectivity index (χ4n) is 1.77. The molecule has 5 heteroatoms. The third-order valence-electron chi connectivity index (χ3n) is 2.91. The van der Waals surface area contributed by atoms with Crippen molar-refractivity contribution in [2.24, 2.45) is 5.92 Å². The summed E-state index contributed by atoms with van der Waals surface area (Å²) in [6, 6.07) is 1.94. The van der Waals surface area contributed by atoms with Gasteiger partial charge in [-0.15, -0.1) is 0 Å². The molecule has 0 saturated heterocycles. The first-order chi connectivity index (χ1) is 8.43. The Bertz CT molecular complexity index is 492. The normalized spacial score (nSPS) is 15.3. The number of rotatable bonds is 6. The molecule has 0 unspecified atom stereocenters. The maximum atomic E-state index is 5.56. The van der Waals surface area contributed by atoms with E-state index < -0.39 is 0 Å². The fourth-order valence-corrected chi connectivity index (χ4v) is 1.77. The molecule has 0 radical (unpaired) electrons. The molecule has 0 atom stereocenters. The molecule has 2 aromatic heterocycles. The van der Waals surface area contributed by atoms with E-state index in [1.165, 1.54) is 12.8 Å². The first-order valence-electron chi connectivity index (χ1n) is 6.03. The van der Waals surface area contributed by atoms with Crippen LogP contribution in [0.15, 0.2) is 24.7 Å². The molecule has 3 rings (SSSR count). The number of anilines is 1. The van der Waals surface area contributed by atoms with Gasteiger partial charge >= 0.3 is 0 Å². The maximum Gasteiger partial charge on any atom is 0.152 e. The van der Waals surface area contributed by atoms with E-state index >= 15 is 0 Å². The van der Waals surface area contributed by atoms with Gasteiger partial charge < -0.3 is 10.1 Å². The number of aromatic nitrogens is 3. The van der Waals surface area contributed by atoms with Crippen molar-refractivity contribution < 1.29 is 4.74 Å². The monoisotopic (exact) mass is 232 g/mol. The Morgan fingerprint density at radius 3 is 3.24 bits per heavy atom. The number of nitrogens with one attached hydrogen (secondary N) is 1. The van der Waals surface area contributed by atoms with Crippen molar-refractivity contribution in [2.45, 2.75) is 12.8 Å². The first-order valence-corrected chi connectivity index (χ1v) is 6.03. The predicted molar refractivity (Wildman–Crippen MR) is 65.0 cm³/mol. The fraction of sp³-hybridized carbons (Fsp3) is 0.500. The average Bonchev–Trinajstić information content (AvgIpc) is 3.04. The molecule has 2 aromatic rings. The van der Waals surface area contributed by atoms with E-state index in [1.54, 1.807) is 16.9 Å². The Kier molecular flexibility index (Phi) is 2.92. The molecular weight excluding hydrogens is 216 g/mol. The Morgan fingerprint density at radius 1 is 1.41 bits per heavy atom. The number of hydrogen-bond acceptors (Lipinski definition) is 4. The highest BCUT2D eigenvalue weighted by molar-refractivity contribution is 5.66. The minimum Gasteiger partial charge on any atom is -0.379 e. The lowest BCUT2D eigenvalue weighted by molar-refractivity contribution is 0.134. The molecule has 1 saturated carbocycles. The zero-order valence-electron chi connectivity index (χ0n) is 9.67. The van der Waals surface area contributed by atoms with Crippen molar-refractivity contribution in [3.63, 3.8) is 0 Å². The lowest BCUT2D eigenvalue weighted by atomic mass is 10.4. The van der Waals surface area contributed by atoms with Crippen LogP contribution in [0, 0.1) is 5.92 Å². The van der Waals surface area contributed by atoms with Crippen LogP contribution >= 0.6 is 0 Å². The minimum atomic E-state index is 0.730. The van der Waals surface area contributed by atoms with E-state index in [-0.39, 0.29) is 0 Å². The summed E-state index contributed by atoms with van der Waals surface area (Å²) in [4.78, 5) is 4.30. The van der Waals surface area contributed by atoms with Crippen LogP contribution in [0.4, 0.5) is 5.82 Å². The molecule has 0 amide bonds. The number of nitrogens with zero attached hydrogens (tertiary/aromatic N) is 3. The smallest absolute Gasteiger partial charge is 0.152 e. The van der Waals surface area contributed by atoms with Gasteiger partial charge in [-0.05, 0) is 24.8 Å². The Balaban J connectivity index is 1.51. The van der Waals surface area contributed by atoms with E-state index in [2.05, 4.69) is 15.4 Å². The van der Waals surface area contributed by atoms with Gasteiger partial charge in [0.15, 0.2) is 5.82 Å². The number of hydrogen-bond donors (Lipinski definition) is 1. The molecule has 0 spiro atoms. The molecule has 5 nitrogen and oxygen atoms in total. The Morgan fingerprint density at radius 2 is 2.35 bits per heavy atom. The molecule has 1 fully saturated rings. The van der Waals surface area contributed by atoms with Gasteiger partial charge in [0, 0.05) is 25.5 Å². The second-order valence-corrected chi connectivity index (χ2v) is 4.38. The van der Waals surface area contributed by atoms with Gasteiger partial charge in [-0.3, -0.25) is 0 Å². The highest BCUT2D eigenvalue weighted by Gasteiger charge is 2.20. The molecule has 90 valence electrons. The van der Waals surface area contributed by atoms with Crippen LogP contribution in [0.5, 0.6) is 0 Å². The van der Waals surface area contributed by atoms with E-state index in [1.807, 2.05) is 12.3 Å². The van der Waals surface area contributed by atoms with Crippen molar-refractivity contribution in [3.8, 4) is 0 Å². The maximum absolute atomic E-state index is 5.56. The summed E-state index contributed by atoms with van der Waals surface area (Å²) in [5.41, 5.74) is 0.995. The minimum absolute atomic E-state index is 0.730. The second kappa shape index (κ2) is 4.71. The summed E-state index contributed by atoms with van der Waals surface area (Å²) in [6.07, 6.45) is 8.03. The summed E-state index contributed by atoms with van der Waals surface area (Å²) in [6.45, 7) is 2.42. The van der Waals surface area contributed by atoms with Gasteiger partial charge in [0.25, 0.3) is 0 Å². The second-order valence-electron chi connectivity index (χ2n) is 4.38. The molecule has 0 aromatic carbocycles. The summed E-state index contributed by atoms with van der Waals surface area (Å²) < 4.78 is 7.37. The van der Waals surface area contributed by atoms with Crippen LogP contribution in [-0.4, -0.2) is 34.4 Å².